The van der Waals surface area contributed by atoms with Crippen LogP contribution < -0.4 is 31.1 Å². The number of benzene rings is 1. The number of halogens is 1. The molecule has 11 nitrogen and oxygen atoms in total. The lowest BCUT2D eigenvalue weighted by molar-refractivity contribution is 0.0520. The van der Waals surface area contributed by atoms with E-state index in [1.165, 1.54) is 7.11 Å². The van der Waals surface area contributed by atoms with Crippen molar-refractivity contribution < 1.29 is 33.4 Å². The highest BCUT2D eigenvalue weighted by Crippen LogP contribution is 2.44. The summed E-state index contributed by atoms with van der Waals surface area (Å²) in [5.74, 6) is -1.23. The fraction of sp³-hybridized carbons (Fsp3) is 0.591. The quantitative estimate of drug-likeness (QED) is 0.374. The van der Waals surface area contributed by atoms with Crippen molar-refractivity contribution in [3.05, 3.63) is 17.4 Å². The fourth-order valence-electron chi connectivity index (χ4n) is 3.79. The van der Waals surface area contributed by atoms with Crippen LogP contribution in [0.3, 0.4) is 0 Å². The molecule has 1 aliphatic heterocycles. The van der Waals surface area contributed by atoms with E-state index in [0.717, 1.165) is 18.9 Å². The van der Waals surface area contributed by atoms with Crippen LogP contribution in [0.1, 0.15) is 50.4 Å². The average molecular weight is 482 g/mol. The summed E-state index contributed by atoms with van der Waals surface area (Å²) >= 11 is 0. The number of ether oxygens (including phenoxy) is 2. The summed E-state index contributed by atoms with van der Waals surface area (Å²) < 4.78 is 26.1. The fourth-order valence-corrected chi connectivity index (χ4v) is 3.79. The van der Waals surface area contributed by atoms with Gasteiger partial charge in [0.25, 0.3) is 5.91 Å². The van der Waals surface area contributed by atoms with Gasteiger partial charge >= 0.3 is 12.2 Å². The molecule has 1 saturated carbocycles. The number of rotatable bonds is 7. The van der Waals surface area contributed by atoms with Crippen molar-refractivity contribution in [2.45, 2.75) is 51.7 Å². The standard InChI is InChI=1S/C22H32FN5O6/c1-22(2,3)34-21(32)24-10-12-7-8-28(11-12)17-15(23)9-14(19(29)26-27-20(30)31)16(18(17)33-4)25-13-5-6-13/h9,12-13,25,27H,5-8,10-11H2,1-4H3,(H,24,32)(H,26,29)(H,30,31). The van der Waals surface area contributed by atoms with E-state index in [1.807, 2.05) is 10.3 Å². The molecule has 2 fully saturated rings. The number of anilines is 2. The molecule has 3 amide bonds. The second kappa shape index (κ2) is 10.2. The zero-order valence-electron chi connectivity index (χ0n) is 19.8. The van der Waals surface area contributed by atoms with E-state index in [2.05, 4.69) is 10.6 Å². The molecule has 1 unspecified atom stereocenters. The summed E-state index contributed by atoms with van der Waals surface area (Å²) in [5.41, 5.74) is 3.67. The zero-order valence-corrected chi connectivity index (χ0v) is 19.8. The number of hydrogen-bond donors (Lipinski definition) is 5. The monoisotopic (exact) mass is 481 g/mol. The number of carbonyl (C=O) groups excluding carboxylic acids is 2. The second-order valence-corrected chi connectivity index (χ2v) is 9.45. The van der Waals surface area contributed by atoms with E-state index >= 15 is 4.39 Å². The van der Waals surface area contributed by atoms with Gasteiger partial charge in [-0.3, -0.25) is 10.2 Å². The zero-order chi connectivity index (χ0) is 25.0. The largest absolute Gasteiger partial charge is 0.492 e. The van der Waals surface area contributed by atoms with E-state index in [9.17, 15) is 14.4 Å². The van der Waals surface area contributed by atoms with Crippen LogP contribution in [0.15, 0.2) is 6.07 Å². The minimum absolute atomic E-state index is 0.0684. The first-order chi connectivity index (χ1) is 16.0. The normalized spacial score (nSPS) is 17.7. The van der Waals surface area contributed by atoms with Gasteiger partial charge in [-0.2, -0.15) is 0 Å². The minimum atomic E-state index is -1.45. The Kier molecular flexibility index (Phi) is 7.57. The molecule has 0 aromatic heterocycles. The molecular weight excluding hydrogens is 449 g/mol. The van der Waals surface area contributed by atoms with Gasteiger partial charge in [0.05, 0.1) is 18.4 Å². The number of nitrogens with one attached hydrogen (secondary N) is 4. The molecule has 12 heteroatoms. The third kappa shape index (κ3) is 6.55. The van der Waals surface area contributed by atoms with Crippen molar-refractivity contribution in [3.63, 3.8) is 0 Å². The predicted molar refractivity (Wildman–Crippen MR) is 123 cm³/mol. The Labute approximate surface area is 197 Å². The Balaban J connectivity index is 1.79. The molecule has 5 N–H and O–H groups in total. The topological polar surface area (TPSA) is 141 Å². The molecule has 1 saturated heterocycles. The van der Waals surface area contributed by atoms with E-state index in [0.29, 0.717) is 31.7 Å². The number of carbonyl (C=O) groups is 3. The molecule has 188 valence electrons. The summed E-state index contributed by atoms with van der Waals surface area (Å²) in [6.07, 6.45) is 0.557. The van der Waals surface area contributed by atoms with Gasteiger partial charge in [-0.15, -0.1) is 0 Å². The summed E-state index contributed by atoms with van der Waals surface area (Å²) in [6, 6.07) is 1.20. The third-order valence-corrected chi connectivity index (χ3v) is 5.40. The van der Waals surface area contributed by atoms with Crippen molar-refractivity contribution in [1.29, 1.82) is 0 Å². The summed E-state index contributed by atoms with van der Waals surface area (Å²) in [6.45, 7) is 6.74. The molecule has 0 spiro atoms. The Hall–Kier alpha value is -3.44. The van der Waals surface area contributed by atoms with Crippen LogP contribution in [0.25, 0.3) is 0 Å². The van der Waals surface area contributed by atoms with Crippen LogP contribution >= 0.6 is 0 Å². The first-order valence-electron chi connectivity index (χ1n) is 11.2. The molecule has 34 heavy (non-hydrogen) atoms. The molecule has 1 heterocycles. The molecule has 1 atom stereocenters. The lowest BCUT2D eigenvalue weighted by atomic mass is 10.1. The van der Waals surface area contributed by atoms with Gasteiger partial charge in [-0.25, -0.2) is 19.4 Å². The van der Waals surface area contributed by atoms with Gasteiger partial charge < -0.3 is 30.1 Å². The SMILES string of the molecule is COc1c(NC2CC2)c(C(=O)NNC(=O)O)cc(F)c1N1CCC(CNC(=O)OC(C)(C)C)C1. The molecule has 1 aromatic carbocycles. The van der Waals surface area contributed by atoms with E-state index < -0.39 is 29.5 Å². The van der Waals surface area contributed by atoms with Crippen LogP contribution in [0.4, 0.5) is 25.4 Å². The van der Waals surface area contributed by atoms with Crippen molar-refractivity contribution in [1.82, 2.24) is 16.2 Å². The number of amides is 3. The highest BCUT2D eigenvalue weighted by molar-refractivity contribution is 6.03. The number of methoxy groups -OCH3 is 1. The molecule has 2 aliphatic rings. The van der Waals surface area contributed by atoms with Gasteiger partial charge in [0.15, 0.2) is 11.6 Å². The Morgan fingerprint density at radius 3 is 2.50 bits per heavy atom. The molecule has 3 rings (SSSR count). The lowest BCUT2D eigenvalue weighted by Gasteiger charge is -2.26. The Bertz CT molecular complexity index is 947. The number of carboxylic acid groups (broad SMARTS) is 1. The number of hydrazine groups is 1. The van der Waals surface area contributed by atoms with Crippen molar-refractivity contribution >= 4 is 29.5 Å². The van der Waals surface area contributed by atoms with Crippen LogP contribution in [0, 0.1) is 11.7 Å². The molecule has 0 radical (unpaired) electrons. The maximum Gasteiger partial charge on any atom is 0.423 e. The van der Waals surface area contributed by atoms with Crippen LogP contribution in [0.2, 0.25) is 0 Å². The van der Waals surface area contributed by atoms with Gasteiger partial charge in [-0.1, -0.05) is 0 Å². The van der Waals surface area contributed by atoms with Gasteiger partial charge in [0.1, 0.15) is 11.3 Å². The first kappa shape index (κ1) is 25.2. The highest BCUT2D eigenvalue weighted by Gasteiger charge is 2.33. The Morgan fingerprint density at radius 1 is 1.21 bits per heavy atom. The van der Waals surface area contributed by atoms with Gasteiger partial charge in [0.2, 0.25) is 0 Å². The predicted octanol–water partition coefficient (Wildman–Crippen LogP) is 2.67. The van der Waals surface area contributed by atoms with E-state index in [-0.39, 0.29) is 29.0 Å². The van der Waals surface area contributed by atoms with E-state index in [4.69, 9.17) is 14.6 Å². The summed E-state index contributed by atoms with van der Waals surface area (Å²) in [4.78, 5) is 37.1. The van der Waals surface area contributed by atoms with Crippen molar-refractivity contribution in [3.8, 4) is 5.75 Å². The molecule has 1 aliphatic carbocycles. The average Bonchev–Trinajstić information content (AvgIpc) is 3.44. The maximum absolute atomic E-state index is 15.3. The van der Waals surface area contributed by atoms with Gasteiger partial charge in [0, 0.05) is 25.7 Å². The van der Waals surface area contributed by atoms with Gasteiger partial charge in [-0.05, 0) is 52.0 Å². The Morgan fingerprint density at radius 2 is 1.91 bits per heavy atom. The first-order valence-corrected chi connectivity index (χ1v) is 11.2. The van der Waals surface area contributed by atoms with E-state index in [1.54, 1.807) is 26.2 Å². The third-order valence-electron chi connectivity index (χ3n) is 5.40. The highest BCUT2D eigenvalue weighted by atomic mass is 19.1. The summed E-state index contributed by atoms with van der Waals surface area (Å²) in [5, 5.41) is 14.7. The molecule has 0 bridgehead atoms. The summed E-state index contributed by atoms with van der Waals surface area (Å²) in [7, 11) is 1.39. The van der Waals surface area contributed by atoms with Crippen LogP contribution in [-0.4, -0.2) is 61.6 Å². The van der Waals surface area contributed by atoms with Crippen molar-refractivity contribution in [2.24, 2.45) is 5.92 Å². The maximum atomic E-state index is 15.3. The molecule has 1 aromatic rings. The minimum Gasteiger partial charge on any atom is -0.492 e. The number of hydrogen-bond acceptors (Lipinski definition) is 7. The number of alkyl carbamates (subject to hydrolysis) is 1. The second-order valence-electron chi connectivity index (χ2n) is 9.45. The lowest BCUT2D eigenvalue weighted by Crippen LogP contribution is -2.41. The molecular formula is C22H32FN5O6. The number of nitrogens with zero attached hydrogens (tertiary/aromatic N) is 1. The smallest absolute Gasteiger partial charge is 0.423 e. The van der Waals surface area contributed by atoms with Crippen LogP contribution in [0.5, 0.6) is 5.75 Å². The van der Waals surface area contributed by atoms with Crippen LogP contribution in [-0.2, 0) is 4.74 Å². The van der Waals surface area contributed by atoms with Crippen molar-refractivity contribution in [2.75, 3.05) is 37.0 Å².